The fraction of sp³-hybridized carbons (Fsp3) is 0.100. The predicted octanol–water partition coefficient (Wildman–Crippen LogP) is 3.58. The zero-order chi connectivity index (χ0) is 18.9. The summed E-state index contributed by atoms with van der Waals surface area (Å²) in [5.74, 6) is -0.584. The Balaban J connectivity index is 1.63. The lowest BCUT2D eigenvalue weighted by atomic mass is 9.94. The molecule has 1 amide bonds. The number of carbonyl (C=O) groups excluding carboxylic acids is 1. The standard InChI is InChI=1S/C20H15NO4S2/c22-18(15-10-13-4-1-2-5-16(13)25-19(15)23)21-12-20(24,14-7-9-26-11-14)17-6-3-8-27-17/h1-11,24H,12H2,(H,21,22)/t20-/m1/s1. The van der Waals surface area contributed by atoms with E-state index in [4.69, 9.17) is 4.42 Å². The van der Waals surface area contributed by atoms with Gasteiger partial charge in [0.2, 0.25) is 0 Å². The van der Waals surface area contributed by atoms with Gasteiger partial charge in [-0.3, -0.25) is 4.79 Å². The zero-order valence-electron chi connectivity index (χ0n) is 14.0. The van der Waals surface area contributed by atoms with Crippen LogP contribution >= 0.6 is 22.7 Å². The lowest BCUT2D eigenvalue weighted by Crippen LogP contribution is -2.42. The van der Waals surface area contributed by atoms with Gasteiger partial charge in [-0.2, -0.15) is 11.3 Å². The molecule has 0 unspecified atom stereocenters. The largest absolute Gasteiger partial charge is 0.422 e. The Bertz CT molecular complexity index is 1100. The maximum absolute atomic E-state index is 12.6. The third-order valence-corrected chi connectivity index (χ3v) is 6.02. The smallest absolute Gasteiger partial charge is 0.349 e. The minimum Gasteiger partial charge on any atom is -0.422 e. The van der Waals surface area contributed by atoms with Crippen molar-refractivity contribution in [3.8, 4) is 0 Å². The molecule has 5 nitrogen and oxygen atoms in total. The Morgan fingerprint density at radius 1 is 1.15 bits per heavy atom. The van der Waals surface area contributed by atoms with E-state index in [2.05, 4.69) is 5.32 Å². The van der Waals surface area contributed by atoms with Gasteiger partial charge in [0.15, 0.2) is 0 Å². The van der Waals surface area contributed by atoms with Gasteiger partial charge < -0.3 is 14.8 Å². The molecule has 4 rings (SSSR count). The second-order valence-corrected chi connectivity index (χ2v) is 7.75. The van der Waals surface area contributed by atoms with Crippen LogP contribution in [0.3, 0.4) is 0 Å². The van der Waals surface area contributed by atoms with Crippen LogP contribution in [0.2, 0.25) is 0 Å². The van der Waals surface area contributed by atoms with Gasteiger partial charge in [-0.15, -0.1) is 11.3 Å². The first kappa shape index (κ1) is 17.7. The van der Waals surface area contributed by atoms with Crippen LogP contribution in [0.4, 0.5) is 0 Å². The Labute approximate surface area is 162 Å². The molecule has 0 aliphatic heterocycles. The lowest BCUT2D eigenvalue weighted by molar-refractivity contribution is 0.0719. The maximum atomic E-state index is 12.6. The highest BCUT2D eigenvalue weighted by atomic mass is 32.1. The Hall–Kier alpha value is -2.74. The molecule has 4 aromatic rings. The van der Waals surface area contributed by atoms with Crippen molar-refractivity contribution in [1.82, 2.24) is 5.32 Å². The van der Waals surface area contributed by atoms with E-state index in [1.165, 1.54) is 28.7 Å². The molecule has 0 spiro atoms. The highest BCUT2D eigenvalue weighted by Crippen LogP contribution is 2.33. The van der Waals surface area contributed by atoms with Crippen molar-refractivity contribution in [2.75, 3.05) is 6.54 Å². The monoisotopic (exact) mass is 397 g/mol. The van der Waals surface area contributed by atoms with E-state index in [-0.39, 0.29) is 12.1 Å². The van der Waals surface area contributed by atoms with Gasteiger partial charge in [-0.25, -0.2) is 4.79 Å². The van der Waals surface area contributed by atoms with Crippen molar-refractivity contribution >= 4 is 39.5 Å². The average molecular weight is 397 g/mol. The molecular weight excluding hydrogens is 382 g/mol. The van der Waals surface area contributed by atoms with Crippen molar-refractivity contribution in [2.45, 2.75) is 5.60 Å². The van der Waals surface area contributed by atoms with E-state index in [0.29, 0.717) is 21.4 Å². The Kier molecular flexibility index (Phi) is 4.65. The third kappa shape index (κ3) is 3.32. The summed E-state index contributed by atoms with van der Waals surface area (Å²) in [6.45, 7) is -0.0602. The first-order valence-electron chi connectivity index (χ1n) is 8.18. The molecule has 3 heterocycles. The highest BCUT2D eigenvalue weighted by molar-refractivity contribution is 7.10. The molecule has 1 atom stereocenters. The van der Waals surface area contributed by atoms with Gasteiger partial charge >= 0.3 is 5.63 Å². The average Bonchev–Trinajstić information content (AvgIpc) is 3.39. The topological polar surface area (TPSA) is 79.5 Å². The first-order valence-corrected chi connectivity index (χ1v) is 10.0. The van der Waals surface area contributed by atoms with Gasteiger partial charge in [0, 0.05) is 15.8 Å². The molecule has 2 N–H and O–H groups in total. The third-order valence-electron chi connectivity index (χ3n) is 4.32. The van der Waals surface area contributed by atoms with E-state index >= 15 is 0 Å². The van der Waals surface area contributed by atoms with E-state index < -0.39 is 17.1 Å². The molecule has 136 valence electrons. The fourth-order valence-corrected chi connectivity index (χ4v) is 4.44. The molecule has 7 heteroatoms. The summed E-state index contributed by atoms with van der Waals surface area (Å²) in [5, 5.41) is 20.2. The van der Waals surface area contributed by atoms with Crippen molar-refractivity contribution in [3.63, 3.8) is 0 Å². The zero-order valence-corrected chi connectivity index (χ0v) is 15.7. The number of fused-ring (bicyclic) bond motifs is 1. The van der Waals surface area contributed by atoms with Crippen LogP contribution in [0.5, 0.6) is 0 Å². The van der Waals surface area contributed by atoms with Crippen LogP contribution in [0.25, 0.3) is 11.0 Å². The minimum absolute atomic E-state index is 0.0602. The number of thiophene rings is 2. The van der Waals surface area contributed by atoms with E-state index in [1.54, 1.807) is 24.3 Å². The van der Waals surface area contributed by atoms with Crippen LogP contribution in [0.15, 0.2) is 73.9 Å². The van der Waals surface area contributed by atoms with E-state index in [0.717, 1.165) is 0 Å². The van der Waals surface area contributed by atoms with Crippen LogP contribution in [-0.2, 0) is 5.60 Å². The number of rotatable bonds is 5. The molecular formula is C20H15NO4S2. The minimum atomic E-state index is -1.36. The number of hydrogen-bond donors (Lipinski definition) is 2. The summed E-state index contributed by atoms with van der Waals surface area (Å²) in [5.41, 5.74) is -1.04. The van der Waals surface area contributed by atoms with Gasteiger partial charge in [0.1, 0.15) is 16.7 Å². The summed E-state index contributed by atoms with van der Waals surface area (Å²) in [4.78, 5) is 25.5. The van der Waals surface area contributed by atoms with Crippen LogP contribution in [0, 0.1) is 0 Å². The van der Waals surface area contributed by atoms with Gasteiger partial charge in [-0.05, 0) is 40.4 Å². The van der Waals surface area contributed by atoms with Crippen molar-refractivity contribution in [1.29, 1.82) is 0 Å². The number of para-hydroxylation sites is 1. The number of amides is 1. The predicted molar refractivity (Wildman–Crippen MR) is 106 cm³/mol. The molecule has 0 saturated heterocycles. The quantitative estimate of drug-likeness (QED) is 0.505. The highest BCUT2D eigenvalue weighted by Gasteiger charge is 2.34. The molecule has 3 aromatic heterocycles. The lowest BCUT2D eigenvalue weighted by Gasteiger charge is -2.26. The first-order chi connectivity index (χ1) is 13.1. The Morgan fingerprint density at radius 2 is 2.00 bits per heavy atom. The molecule has 0 aliphatic carbocycles. The molecule has 27 heavy (non-hydrogen) atoms. The van der Waals surface area contributed by atoms with Crippen molar-refractivity contribution in [3.05, 3.63) is 91.1 Å². The number of carbonyl (C=O) groups is 1. The van der Waals surface area contributed by atoms with Gasteiger partial charge in [0.05, 0.1) is 6.54 Å². The summed E-state index contributed by atoms with van der Waals surface area (Å²) in [7, 11) is 0. The number of aliphatic hydroxyl groups is 1. The second kappa shape index (κ2) is 7.11. The normalized spacial score (nSPS) is 13.4. The van der Waals surface area contributed by atoms with E-state index in [1.807, 2.05) is 34.3 Å². The summed E-state index contributed by atoms with van der Waals surface area (Å²) < 4.78 is 5.22. The molecule has 1 aromatic carbocycles. The van der Waals surface area contributed by atoms with Crippen LogP contribution in [-0.4, -0.2) is 17.6 Å². The number of nitrogens with one attached hydrogen (secondary N) is 1. The summed E-state index contributed by atoms with van der Waals surface area (Å²) >= 11 is 2.87. The fourth-order valence-electron chi connectivity index (χ4n) is 2.87. The molecule has 0 saturated carbocycles. The second-order valence-electron chi connectivity index (χ2n) is 6.02. The number of hydrogen-bond acceptors (Lipinski definition) is 6. The Morgan fingerprint density at radius 3 is 2.74 bits per heavy atom. The summed E-state index contributed by atoms with van der Waals surface area (Å²) in [6.07, 6.45) is 0. The van der Waals surface area contributed by atoms with E-state index in [9.17, 15) is 14.7 Å². The maximum Gasteiger partial charge on any atom is 0.349 e. The number of benzene rings is 1. The van der Waals surface area contributed by atoms with Crippen molar-refractivity contribution < 1.29 is 14.3 Å². The molecule has 0 radical (unpaired) electrons. The van der Waals surface area contributed by atoms with Gasteiger partial charge in [0.25, 0.3) is 5.91 Å². The van der Waals surface area contributed by atoms with Crippen LogP contribution in [0.1, 0.15) is 20.8 Å². The van der Waals surface area contributed by atoms with Crippen molar-refractivity contribution in [2.24, 2.45) is 0 Å². The van der Waals surface area contributed by atoms with Crippen LogP contribution < -0.4 is 10.9 Å². The summed E-state index contributed by atoms with van der Waals surface area (Å²) in [6, 6.07) is 14.0. The molecule has 0 bridgehead atoms. The van der Waals surface area contributed by atoms with Gasteiger partial charge in [-0.1, -0.05) is 24.3 Å². The molecule has 0 fully saturated rings. The molecule has 0 aliphatic rings. The SMILES string of the molecule is O=C(NC[C@@](O)(c1ccsc1)c1cccs1)c1cc2ccccc2oc1=O.